The number of hydrogen-bond donors (Lipinski definition) is 2. The molecule has 0 saturated heterocycles. The van der Waals surface area contributed by atoms with Crippen LogP contribution in [0, 0.1) is 0 Å². The zero-order chi connectivity index (χ0) is 20.2. The second kappa shape index (κ2) is 19.2. The predicted molar refractivity (Wildman–Crippen MR) is 116 cm³/mol. The third kappa shape index (κ3) is 23.8. The van der Waals surface area contributed by atoms with Gasteiger partial charge in [0.15, 0.2) is 0 Å². The van der Waals surface area contributed by atoms with Crippen molar-refractivity contribution in [2.24, 2.45) is 0 Å². The molecule has 4 nitrogen and oxygen atoms in total. The average molecular weight is 407 g/mol. The zero-order valence-corrected chi connectivity index (χ0v) is 18.7. The first-order chi connectivity index (χ1) is 13.0. The lowest BCUT2D eigenvalue weighted by atomic mass is 10.0. The first-order valence-electron chi connectivity index (χ1n) is 11.6. The van der Waals surface area contributed by atoms with E-state index in [0.29, 0.717) is 6.42 Å². The average Bonchev–Trinajstić information content (AvgIpc) is 2.61. The van der Waals surface area contributed by atoms with Crippen LogP contribution in [0.25, 0.3) is 0 Å². The van der Waals surface area contributed by atoms with Gasteiger partial charge < -0.3 is 5.11 Å². The molecule has 0 rings (SSSR count). The second-order valence-corrected chi connectivity index (χ2v) is 9.75. The van der Waals surface area contributed by atoms with Gasteiger partial charge in [0.05, 0.1) is 11.9 Å². The highest BCUT2D eigenvalue weighted by molar-refractivity contribution is 7.85. The largest absolute Gasteiger partial charge is 0.393 e. The minimum absolute atomic E-state index is 0.120. The van der Waals surface area contributed by atoms with Crippen molar-refractivity contribution in [2.45, 2.75) is 135 Å². The molecule has 164 valence electrons. The van der Waals surface area contributed by atoms with Gasteiger partial charge in [0, 0.05) is 0 Å². The van der Waals surface area contributed by atoms with Crippen LogP contribution in [0.3, 0.4) is 0 Å². The van der Waals surface area contributed by atoms with Crippen LogP contribution in [0.2, 0.25) is 0 Å². The van der Waals surface area contributed by atoms with Crippen LogP contribution in [0.1, 0.15) is 129 Å². The molecule has 0 aromatic rings. The first kappa shape index (κ1) is 26.9. The van der Waals surface area contributed by atoms with Crippen molar-refractivity contribution in [2.75, 3.05) is 5.75 Å². The molecule has 0 radical (unpaired) electrons. The van der Waals surface area contributed by atoms with E-state index >= 15 is 0 Å². The van der Waals surface area contributed by atoms with E-state index in [1.807, 2.05) is 0 Å². The fourth-order valence-electron chi connectivity index (χ4n) is 3.56. The van der Waals surface area contributed by atoms with Crippen LogP contribution in [0.15, 0.2) is 0 Å². The number of aliphatic hydroxyl groups excluding tert-OH is 1. The van der Waals surface area contributed by atoms with Crippen molar-refractivity contribution < 1.29 is 18.1 Å². The number of aliphatic hydroxyl groups is 1. The molecule has 0 aromatic heterocycles. The highest BCUT2D eigenvalue weighted by Gasteiger charge is 2.05. The highest BCUT2D eigenvalue weighted by atomic mass is 32.2. The lowest BCUT2D eigenvalue weighted by molar-refractivity contribution is 0.147. The van der Waals surface area contributed by atoms with Crippen LogP contribution in [0.4, 0.5) is 0 Å². The SMILES string of the molecule is CCCCCCCCCCCCCC(O)CCCCCCCCS(=O)(=O)O. The molecular weight excluding hydrogens is 360 g/mol. The van der Waals surface area contributed by atoms with Crippen LogP contribution in [-0.2, 0) is 10.1 Å². The molecule has 2 N–H and O–H groups in total. The van der Waals surface area contributed by atoms with Crippen LogP contribution in [-0.4, -0.2) is 29.9 Å². The minimum atomic E-state index is -3.79. The van der Waals surface area contributed by atoms with E-state index in [1.54, 1.807) is 0 Å². The molecule has 1 unspecified atom stereocenters. The van der Waals surface area contributed by atoms with Gasteiger partial charge in [0.2, 0.25) is 0 Å². The Morgan fingerprint density at radius 1 is 0.593 bits per heavy atom. The molecule has 27 heavy (non-hydrogen) atoms. The molecule has 0 bridgehead atoms. The second-order valence-electron chi connectivity index (χ2n) is 8.17. The lowest BCUT2D eigenvalue weighted by Gasteiger charge is -2.10. The third-order valence-electron chi connectivity index (χ3n) is 5.33. The van der Waals surface area contributed by atoms with Crippen molar-refractivity contribution >= 4 is 10.1 Å². The van der Waals surface area contributed by atoms with E-state index in [-0.39, 0.29) is 11.9 Å². The van der Waals surface area contributed by atoms with Gasteiger partial charge in [-0.2, -0.15) is 8.42 Å². The summed E-state index contributed by atoms with van der Waals surface area (Å²) in [5, 5.41) is 10.0. The molecular formula is C22H46O4S. The Bertz CT molecular complexity index is 395. The summed E-state index contributed by atoms with van der Waals surface area (Å²) in [6.07, 6.45) is 22.1. The van der Waals surface area contributed by atoms with E-state index < -0.39 is 10.1 Å². The summed E-state index contributed by atoms with van der Waals surface area (Å²) in [6, 6.07) is 0. The smallest absolute Gasteiger partial charge is 0.264 e. The maximum absolute atomic E-state index is 10.6. The van der Waals surface area contributed by atoms with Gasteiger partial charge in [-0.3, -0.25) is 4.55 Å². The lowest BCUT2D eigenvalue weighted by Crippen LogP contribution is -2.06. The summed E-state index contributed by atoms with van der Waals surface area (Å²) in [5.74, 6) is -0.120. The highest BCUT2D eigenvalue weighted by Crippen LogP contribution is 2.15. The van der Waals surface area contributed by atoms with Crippen LogP contribution < -0.4 is 0 Å². The molecule has 5 heteroatoms. The summed E-state index contributed by atoms with van der Waals surface area (Å²) >= 11 is 0. The molecule has 1 atom stereocenters. The molecule has 0 aromatic carbocycles. The van der Waals surface area contributed by atoms with Gasteiger partial charge in [-0.1, -0.05) is 110 Å². The summed E-state index contributed by atoms with van der Waals surface area (Å²) in [4.78, 5) is 0. The van der Waals surface area contributed by atoms with E-state index in [0.717, 1.165) is 51.4 Å². The summed E-state index contributed by atoms with van der Waals surface area (Å²) < 4.78 is 29.8. The van der Waals surface area contributed by atoms with E-state index in [2.05, 4.69) is 6.92 Å². The quantitative estimate of drug-likeness (QED) is 0.165. The Morgan fingerprint density at radius 2 is 0.926 bits per heavy atom. The molecule has 0 heterocycles. The molecule has 0 saturated carbocycles. The number of hydrogen-bond acceptors (Lipinski definition) is 3. The van der Waals surface area contributed by atoms with Crippen molar-refractivity contribution in [1.82, 2.24) is 0 Å². The molecule has 0 amide bonds. The Balaban J connectivity index is 3.21. The van der Waals surface area contributed by atoms with Gasteiger partial charge in [0.1, 0.15) is 0 Å². The van der Waals surface area contributed by atoms with Crippen molar-refractivity contribution in [1.29, 1.82) is 0 Å². The summed E-state index contributed by atoms with van der Waals surface area (Å²) in [6.45, 7) is 2.26. The first-order valence-corrected chi connectivity index (χ1v) is 13.2. The van der Waals surface area contributed by atoms with E-state index in [1.165, 1.54) is 64.2 Å². The van der Waals surface area contributed by atoms with Gasteiger partial charge >= 0.3 is 0 Å². The number of unbranched alkanes of at least 4 members (excludes halogenated alkanes) is 15. The normalized spacial score (nSPS) is 13.1. The standard InChI is InChI=1S/C22H46O4S/c1-2-3-4-5-6-7-8-9-10-13-16-19-22(23)20-17-14-11-12-15-18-21-27(24,25)26/h22-23H,2-21H2,1H3,(H,24,25,26). The van der Waals surface area contributed by atoms with Gasteiger partial charge in [-0.15, -0.1) is 0 Å². The van der Waals surface area contributed by atoms with E-state index in [9.17, 15) is 13.5 Å². The maximum Gasteiger partial charge on any atom is 0.264 e. The molecule has 0 spiro atoms. The topological polar surface area (TPSA) is 74.6 Å². The van der Waals surface area contributed by atoms with Crippen LogP contribution >= 0.6 is 0 Å². The Hall–Kier alpha value is -0.130. The van der Waals surface area contributed by atoms with Crippen LogP contribution in [0.5, 0.6) is 0 Å². The fraction of sp³-hybridized carbons (Fsp3) is 1.00. The fourth-order valence-corrected chi connectivity index (χ4v) is 4.13. The predicted octanol–water partition coefficient (Wildman–Crippen LogP) is 6.67. The zero-order valence-electron chi connectivity index (χ0n) is 17.8. The van der Waals surface area contributed by atoms with Gasteiger partial charge in [-0.25, -0.2) is 0 Å². The number of rotatable bonds is 21. The Morgan fingerprint density at radius 3 is 1.30 bits per heavy atom. The maximum atomic E-state index is 10.6. The Labute approximate surface area is 169 Å². The summed E-state index contributed by atoms with van der Waals surface area (Å²) in [7, 11) is -3.79. The Kier molecular flexibility index (Phi) is 19.1. The van der Waals surface area contributed by atoms with Crippen molar-refractivity contribution in [3.63, 3.8) is 0 Å². The van der Waals surface area contributed by atoms with Crippen molar-refractivity contribution in [3.8, 4) is 0 Å². The van der Waals surface area contributed by atoms with Gasteiger partial charge in [0.25, 0.3) is 10.1 Å². The molecule has 0 aliphatic carbocycles. The van der Waals surface area contributed by atoms with Crippen molar-refractivity contribution in [3.05, 3.63) is 0 Å². The molecule has 0 aliphatic rings. The van der Waals surface area contributed by atoms with E-state index in [4.69, 9.17) is 4.55 Å². The third-order valence-corrected chi connectivity index (χ3v) is 6.14. The summed E-state index contributed by atoms with van der Waals surface area (Å²) in [5.41, 5.74) is 0. The molecule has 0 aliphatic heterocycles. The van der Waals surface area contributed by atoms with Gasteiger partial charge in [-0.05, 0) is 19.3 Å². The molecule has 0 fully saturated rings. The minimum Gasteiger partial charge on any atom is -0.393 e. The monoisotopic (exact) mass is 406 g/mol.